The van der Waals surface area contributed by atoms with Gasteiger partial charge in [-0.25, -0.2) is 9.97 Å². The van der Waals surface area contributed by atoms with E-state index in [-0.39, 0.29) is 0 Å². The molecule has 3 aromatic rings. The molecule has 1 N–H and O–H groups in total. The number of nitrogens with zero attached hydrogens (tertiary/aromatic N) is 5. The van der Waals surface area contributed by atoms with E-state index in [0.717, 1.165) is 56.5 Å². The van der Waals surface area contributed by atoms with Crippen LogP contribution in [0.25, 0.3) is 22.1 Å². The number of piperidine rings is 1. The monoisotopic (exact) mass is 336 g/mol. The molecule has 3 aromatic heterocycles. The summed E-state index contributed by atoms with van der Waals surface area (Å²) < 4.78 is 2.48. The summed E-state index contributed by atoms with van der Waals surface area (Å²) in [5, 5.41) is 9.96. The van der Waals surface area contributed by atoms with Crippen molar-refractivity contribution in [2.24, 2.45) is 0 Å². The first-order valence-corrected chi connectivity index (χ1v) is 9.24. The Balaban J connectivity index is 1.71. The molecule has 0 aliphatic carbocycles. The van der Waals surface area contributed by atoms with E-state index in [1.165, 1.54) is 16.7 Å². The molecule has 0 aromatic carbocycles. The summed E-state index contributed by atoms with van der Waals surface area (Å²) in [7, 11) is 0. The third-order valence-electron chi connectivity index (χ3n) is 5.24. The average molecular weight is 336 g/mol. The molecule has 1 aliphatic rings. The Labute approximate surface area is 147 Å². The van der Waals surface area contributed by atoms with Crippen LogP contribution in [0.2, 0.25) is 0 Å². The van der Waals surface area contributed by atoms with Crippen LogP contribution < -0.4 is 0 Å². The van der Waals surface area contributed by atoms with E-state index in [1.807, 2.05) is 12.4 Å². The first-order chi connectivity index (χ1) is 12.3. The van der Waals surface area contributed by atoms with Crippen molar-refractivity contribution in [2.45, 2.75) is 45.1 Å². The van der Waals surface area contributed by atoms with Crippen LogP contribution in [0, 0.1) is 11.3 Å². The van der Waals surface area contributed by atoms with Crippen molar-refractivity contribution in [1.29, 1.82) is 5.26 Å². The van der Waals surface area contributed by atoms with Gasteiger partial charge < -0.3 is 14.5 Å². The zero-order chi connectivity index (χ0) is 17.2. The van der Waals surface area contributed by atoms with Crippen molar-refractivity contribution >= 4 is 22.1 Å². The summed E-state index contributed by atoms with van der Waals surface area (Å²) in [6, 6.07) is 4.84. The Morgan fingerprint density at radius 3 is 2.96 bits per heavy atom. The van der Waals surface area contributed by atoms with Crippen LogP contribution in [-0.4, -0.2) is 44.1 Å². The van der Waals surface area contributed by atoms with E-state index in [0.29, 0.717) is 12.5 Å². The summed E-state index contributed by atoms with van der Waals surface area (Å²) >= 11 is 0. The predicted octanol–water partition coefficient (Wildman–Crippen LogP) is 3.42. The number of aromatic nitrogens is 4. The highest BCUT2D eigenvalue weighted by atomic mass is 15.2. The molecule has 1 saturated heterocycles. The van der Waals surface area contributed by atoms with E-state index in [1.54, 1.807) is 0 Å². The zero-order valence-corrected chi connectivity index (χ0v) is 14.7. The van der Waals surface area contributed by atoms with Gasteiger partial charge in [-0.15, -0.1) is 0 Å². The first-order valence-electron chi connectivity index (χ1n) is 9.24. The number of nitrogens with one attached hydrogen (secondary N) is 1. The number of imidazole rings is 1. The number of aryl methyl sites for hydroxylation is 1. The molecular formula is C19H24N6. The van der Waals surface area contributed by atoms with Crippen molar-refractivity contribution < 1.29 is 0 Å². The number of hydrogen-bond acceptors (Lipinski definition) is 4. The van der Waals surface area contributed by atoms with E-state index in [9.17, 15) is 0 Å². The lowest BCUT2D eigenvalue weighted by Gasteiger charge is -2.33. The van der Waals surface area contributed by atoms with Crippen molar-refractivity contribution in [3.05, 3.63) is 24.3 Å². The second-order valence-corrected chi connectivity index (χ2v) is 6.86. The van der Waals surface area contributed by atoms with Crippen LogP contribution in [0.3, 0.4) is 0 Å². The fraction of sp³-hybridized carbons (Fsp3) is 0.526. The van der Waals surface area contributed by atoms with Gasteiger partial charge >= 0.3 is 0 Å². The van der Waals surface area contributed by atoms with Gasteiger partial charge in [-0.3, -0.25) is 0 Å². The van der Waals surface area contributed by atoms with Gasteiger partial charge in [0.05, 0.1) is 17.8 Å². The molecule has 1 fully saturated rings. The molecule has 0 spiro atoms. The van der Waals surface area contributed by atoms with Gasteiger partial charge in [0.25, 0.3) is 0 Å². The lowest BCUT2D eigenvalue weighted by atomic mass is 10.0. The minimum absolute atomic E-state index is 0.477. The van der Waals surface area contributed by atoms with Crippen LogP contribution in [-0.2, 0) is 6.42 Å². The number of nitriles is 1. The number of rotatable bonds is 5. The van der Waals surface area contributed by atoms with Gasteiger partial charge in [-0.2, -0.15) is 5.26 Å². The highest BCUT2D eigenvalue weighted by Crippen LogP contribution is 2.32. The molecule has 0 radical (unpaired) electrons. The molecule has 6 nitrogen and oxygen atoms in total. The second-order valence-electron chi connectivity index (χ2n) is 6.86. The predicted molar refractivity (Wildman–Crippen MR) is 98.3 cm³/mol. The molecule has 0 saturated carbocycles. The summed E-state index contributed by atoms with van der Waals surface area (Å²) in [5.74, 6) is 1.18. The second kappa shape index (κ2) is 6.85. The van der Waals surface area contributed by atoms with Crippen molar-refractivity contribution in [1.82, 2.24) is 24.4 Å². The number of aromatic amines is 1. The Morgan fingerprint density at radius 1 is 1.36 bits per heavy atom. The highest BCUT2D eigenvalue weighted by Gasteiger charge is 2.25. The van der Waals surface area contributed by atoms with Gasteiger partial charge in [0.1, 0.15) is 17.0 Å². The third-order valence-corrected chi connectivity index (χ3v) is 5.24. The minimum atomic E-state index is 0.477. The van der Waals surface area contributed by atoms with Crippen molar-refractivity contribution in [3.8, 4) is 6.07 Å². The molecule has 0 unspecified atom stereocenters. The van der Waals surface area contributed by atoms with Crippen LogP contribution in [0.1, 0.15) is 44.5 Å². The molecule has 0 bridgehead atoms. The minimum Gasteiger partial charge on any atom is -0.346 e. The maximum Gasteiger partial charge on any atom is 0.139 e. The van der Waals surface area contributed by atoms with Crippen LogP contribution in [0.4, 0.5) is 0 Å². The fourth-order valence-electron chi connectivity index (χ4n) is 4.04. The zero-order valence-electron chi connectivity index (χ0n) is 14.7. The first kappa shape index (κ1) is 16.1. The van der Waals surface area contributed by atoms with Crippen molar-refractivity contribution in [2.75, 3.05) is 19.6 Å². The van der Waals surface area contributed by atoms with E-state index >= 15 is 0 Å². The van der Waals surface area contributed by atoms with Gasteiger partial charge in [-0.1, -0.05) is 6.92 Å². The van der Waals surface area contributed by atoms with Gasteiger partial charge in [0.15, 0.2) is 0 Å². The van der Waals surface area contributed by atoms with Crippen LogP contribution in [0.15, 0.2) is 18.5 Å². The fourth-order valence-corrected chi connectivity index (χ4v) is 4.04. The average Bonchev–Trinajstić information content (AvgIpc) is 3.24. The van der Waals surface area contributed by atoms with Gasteiger partial charge in [0.2, 0.25) is 0 Å². The topological polar surface area (TPSA) is 73.5 Å². The lowest BCUT2D eigenvalue weighted by Crippen LogP contribution is -2.35. The summed E-state index contributed by atoms with van der Waals surface area (Å²) in [4.78, 5) is 15.0. The Bertz CT molecular complexity index is 907. The van der Waals surface area contributed by atoms with Gasteiger partial charge in [-0.05, 0) is 25.3 Å². The Morgan fingerprint density at radius 2 is 2.20 bits per heavy atom. The normalized spacial score (nSPS) is 16.6. The highest BCUT2D eigenvalue weighted by molar-refractivity contribution is 6.01. The molecule has 25 heavy (non-hydrogen) atoms. The summed E-state index contributed by atoms with van der Waals surface area (Å²) in [6.45, 7) is 5.21. The maximum atomic E-state index is 8.80. The Hall–Kier alpha value is -2.39. The lowest BCUT2D eigenvalue weighted by molar-refractivity contribution is 0.190. The Kier molecular flexibility index (Phi) is 4.41. The largest absolute Gasteiger partial charge is 0.346 e. The maximum absolute atomic E-state index is 8.80. The van der Waals surface area contributed by atoms with Crippen molar-refractivity contribution in [3.63, 3.8) is 0 Å². The molecule has 130 valence electrons. The molecule has 4 heterocycles. The van der Waals surface area contributed by atoms with E-state index < -0.39 is 0 Å². The number of H-pyrrole nitrogens is 1. The van der Waals surface area contributed by atoms with E-state index in [2.05, 4.69) is 38.5 Å². The number of pyridine rings is 1. The number of fused-ring (bicyclic) bond motifs is 3. The molecule has 4 rings (SSSR count). The molecule has 0 atom stereocenters. The summed E-state index contributed by atoms with van der Waals surface area (Å²) in [5.41, 5.74) is 3.16. The standard InChI is InChI=1S/C19H24N6/c1-2-4-17-23-16-13-22-19-15(5-9-21-19)18(16)25(17)14-6-11-24(12-7-14)10-3-8-20/h5,9,13-14H,2-4,6-7,10-12H2,1H3,(H,21,22). The molecule has 0 amide bonds. The van der Waals surface area contributed by atoms with Crippen LogP contribution in [0.5, 0.6) is 0 Å². The summed E-state index contributed by atoms with van der Waals surface area (Å²) in [6.07, 6.45) is 8.78. The SMILES string of the molecule is CCCc1nc2cnc3[nH]ccc3c2n1C1CCN(CCC#N)CC1. The molecular weight excluding hydrogens is 312 g/mol. The quantitative estimate of drug-likeness (QED) is 0.775. The molecule has 6 heteroatoms. The smallest absolute Gasteiger partial charge is 0.139 e. The number of hydrogen-bond donors (Lipinski definition) is 1. The molecule has 1 aliphatic heterocycles. The number of likely N-dealkylation sites (tertiary alicyclic amines) is 1. The van der Waals surface area contributed by atoms with Crippen LogP contribution >= 0.6 is 0 Å². The third kappa shape index (κ3) is 2.89. The van der Waals surface area contributed by atoms with E-state index in [4.69, 9.17) is 10.2 Å². The van der Waals surface area contributed by atoms with Gasteiger partial charge in [0, 0.05) is 50.1 Å².